The molecule has 0 spiro atoms. The topological polar surface area (TPSA) is 68.5 Å². The molecule has 1 fully saturated rings. The maximum atomic E-state index is 12.6. The highest BCUT2D eigenvalue weighted by Gasteiger charge is 2.30. The molecule has 5 nitrogen and oxygen atoms in total. The number of morpholine rings is 1. The highest BCUT2D eigenvalue weighted by atomic mass is 16.5. The molecule has 2 rings (SSSR count). The van der Waals surface area contributed by atoms with Crippen molar-refractivity contribution in [1.82, 2.24) is 9.88 Å². The number of hydrogen-bond donors (Lipinski definition) is 1. The molecule has 104 valence electrons. The van der Waals surface area contributed by atoms with Crippen molar-refractivity contribution in [3.05, 3.63) is 23.4 Å². The maximum Gasteiger partial charge on any atom is 0.254 e. The highest BCUT2D eigenvalue weighted by molar-refractivity contribution is 5.95. The first-order chi connectivity index (χ1) is 9.01. The zero-order chi connectivity index (χ0) is 14.0. The summed E-state index contributed by atoms with van der Waals surface area (Å²) in [6.45, 7) is 7.11. The van der Waals surface area contributed by atoms with Gasteiger partial charge >= 0.3 is 0 Å². The number of carbonyl (C=O) groups excluding carboxylic acids is 1. The smallest absolute Gasteiger partial charge is 0.254 e. The molecule has 0 saturated carbocycles. The van der Waals surface area contributed by atoms with E-state index < -0.39 is 0 Å². The van der Waals surface area contributed by atoms with E-state index in [1.807, 2.05) is 18.7 Å². The molecule has 0 aliphatic carbocycles. The van der Waals surface area contributed by atoms with E-state index in [1.54, 1.807) is 12.1 Å². The van der Waals surface area contributed by atoms with Gasteiger partial charge in [0.1, 0.15) is 5.82 Å². The third kappa shape index (κ3) is 3.04. The van der Waals surface area contributed by atoms with Gasteiger partial charge in [-0.1, -0.05) is 6.92 Å². The normalized spacial score (nSPS) is 23.4. The van der Waals surface area contributed by atoms with Crippen molar-refractivity contribution in [1.29, 1.82) is 0 Å². The Labute approximate surface area is 113 Å². The Bertz CT molecular complexity index is 456. The van der Waals surface area contributed by atoms with Crippen LogP contribution in [0.4, 0.5) is 5.82 Å². The first-order valence-corrected chi connectivity index (χ1v) is 6.68. The van der Waals surface area contributed by atoms with Crippen LogP contribution in [0.15, 0.2) is 12.1 Å². The number of aromatic nitrogens is 1. The predicted molar refractivity (Wildman–Crippen MR) is 73.9 cm³/mol. The fourth-order valence-corrected chi connectivity index (χ4v) is 2.41. The van der Waals surface area contributed by atoms with Crippen molar-refractivity contribution in [2.75, 3.05) is 18.9 Å². The summed E-state index contributed by atoms with van der Waals surface area (Å²) >= 11 is 0. The molecule has 19 heavy (non-hydrogen) atoms. The summed E-state index contributed by atoms with van der Waals surface area (Å²) in [6.07, 6.45) is 0.963. The Kier molecular flexibility index (Phi) is 4.04. The number of aryl methyl sites for hydroxylation is 1. The number of ether oxygens (including phenoxy) is 1. The number of amides is 1. The minimum atomic E-state index is 0.0131. The SMILES string of the molecule is CCC1COC(C)CN1C(=O)c1cc(C)nc(N)c1. The van der Waals surface area contributed by atoms with Crippen molar-refractivity contribution >= 4 is 11.7 Å². The lowest BCUT2D eigenvalue weighted by Crippen LogP contribution is -2.51. The lowest BCUT2D eigenvalue weighted by atomic mass is 10.1. The van der Waals surface area contributed by atoms with E-state index in [9.17, 15) is 4.79 Å². The second-order valence-electron chi connectivity index (χ2n) is 5.09. The van der Waals surface area contributed by atoms with Crippen molar-refractivity contribution in [2.24, 2.45) is 0 Å². The molecule has 1 aromatic heterocycles. The standard InChI is InChI=1S/C14H21N3O2/c1-4-12-8-19-10(3)7-17(12)14(18)11-5-9(2)16-13(15)6-11/h5-6,10,12H,4,7-8H2,1-3H3,(H2,15,16). The summed E-state index contributed by atoms with van der Waals surface area (Å²) in [6, 6.07) is 3.56. The summed E-state index contributed by atoms with van der Waals surface area (Å²) in [4.78, 5) is 18.6. The molecule has 1 amide bonds. The second-order valence-corrected chi connectivity index (χ2v) is 5.09. The van der Waals surface area contributed by atoms with Crippen LogP contribution in [0.5, 0.6) is 0 Å². The quantitative estimate of drug-likeness (QED) is 0.880. The minimum Gasteiger partial charge on any atom is -0.384 e. The fraction of sp³-hybridized carbons (Fsp3) is 0.571. The van der Waals surface area contributed by atoms with Crippen LogP contribution in [0, 0.1) is 6.92 Å². The van der Waals surface area contributed by atoms with Gasteiger partial charge in [0, 0.05) is 17.8 Å². The highest BCUT2D eigenvalue weighted by Crippen LogP contribution is 2.19. The van der Waals surface area contributed by atoms with Crippen molar-refractivity contribution < 1.29 is 9.53 Å². The molecular weight excluding hydrogens is 242 g/mol. The number of hydrogen-bond acceptors (Lipinski definition) is 4. The Hall–Kier alpha value is -1.62. The summed E-state index contributed by atoms with van der Waals surface area (Å²) < 4.78 is 5.61. The van der Waals surface area contributed by atoms with Gasteiger partial charge in [0.25, 0.3) is 5.91 Å². The van der Waals surface area contributed by atoms with Gasteiger partial charge in [-0.05, 0) is 32.4 Å². The average molecular weight is 263 g/mol. The Balaban J connectivity index is 2.25. The summed E-state index contributed by atoms with van der Waals surface area (Å²) in [5.41, 5.74) is 7.09. The Morgan fingerprint density at radius 3 is 2.95 bits per heavy atom. The van der Waals surface area contributed by atoms with Crippen LogP contribution in [0.1, 0.15) is 36.3 Å². The molecule has 2 N–H and O–H groups in total. The second kappa shape index (κ2) is 5.57. The number of pyridine rings is 1. The molecule has 1 aliphatic heterocycles. The van der Waals surface area contributed by atoms with Gasteiger partial charge in [-0.3, -0.25) is 4.79 Å². The van der Waals surface area contributed by atoms with Gasteiger partial charge in [0.15, 0.2) is 0 Å². The summed E-state index contributed by atoms with van der Waals surface area (Å²) in [5.74, 6) is 0.400. The van der Waals surface area contributed by atoms with E-state index in [0.717, 1.165) is 12.1 Å². The van der Waals surface area contributed by atoms with Gasteiger partial charge in [0.2, 0.25) is 0 Å². The Morgan fingerprint density at radius 2 is 2.32 bits per heavy atom. The number of anilines is 1. The number of nitrogens with two attached hydrogens (primary N) is 1. The van der Waals surface area contributed by atoms with Crippen LogP contribution >= 0.6 is 0 Å². The zero-order valence-corrected chi connectivity index (χ0v) is 11.7. The van der Waals surface area contributed by atoms with Crippen LogP contribution < -0.4 is 5.73 Å². The van der Waals surface area contributed by atoms with E-state index in [4.69, 9.17) is 10.5 Å². The molecule has 1 aliphatic rings. The molecule has 2 atom stereocenters. The third-order valence-corrected chi connectivity index (χ3v) is 3.42. The van der Waals surface area contributed by atoms with Gasteiger partial charge in [-0.25, -0.2) is 4.98 Å². The monoisotopic (exact) mass is 263 g/mol. The van der Waals surface area contributed by atoms with E-state index >= 15 is 0 Å². The van der Waals surface area contributed by atoms with Gasteiger partial charge in [-0.15, -0.1) is 0 Å². The van der Waals surface area contributed by atoms with Crippen LogP contribution in [0.25, 0.3) is 0 Å². The maximum absolute atomic E-state index is 12.6. The molecule has 2 heterocycles. The molecular formula is C14H21N3O2. The first-order valence-electron chi connectivity index (χ1n) is 6.68. The molecule has 5 heteroatoms. The van der Waals surface area contributed by atoms with Crippen LogP contribution in [0.2, 0.25) is 0 Å². The summed E-state index contributed by atoms with van der Waals surface area (Å²) in [5, 5.41) is 0. The predicted octanol–water partition coefficient (Wildman–Crippen LogP) is 1.61. The van der Waals surface area contributed by atoms with E-state index in [-0.39, 0.29) is 18.1 Å². The van der Waals surface area contributed by atoms with Crippen molar-refractivity contribution in [2.45, 2.75) is 39.3 Å². The van der Waals surface area contributed by atoms with Crippen LogP contribution in [-0.2, 0) is 4.74 Å². The van der Waals surface area contributed by atoms with E-state index in [1.165, 1.54) is 0 Å². The third-order valence-electron chi connectivity index (χ3n) is 3.42. The lowest BCUT2D eigenvalue weighted by Gasteiger charge is -2.38. The molecule has 0 aromatic carbocycles. The molecule has 1 aromatic rings. The van der Waals surface area contributed by atoms with Crippen LogP contribution in [-0.4, -0.2) is 41.1 Å². The number of nitrogens with zero attached hydrogens (tertiary/aromatic N) is 2. The largest absolute Gasteiger partial charge is 0.384 e. The number of rotatable bonds is 2. The van der Waals surface area contributed by atoms with E-state index in [2.05, 4.69) is 11.9 Å². The molecule has 0 radical (unpaired) electrons. The number of carbonyl (C=O) groups is 1. The van der Waals surface area contributed by atoms with Gasteiger partial charge < -0.3 is 15.4 Å². The van der Waals surface area contributed by atoms with Crippen molar-refractivity contribution in [3.63, 3.8) is 0 Å². The minimum absolute atomic E-state index is 0.0131. The molecule has 2 unspecified atom stereocenters. The van der Waals surface area contributed by atoms with Crippen molar-refractivity contribution in [3.8, 4) is 0 Å². The average Bonchev–Trinajstić information content (AvgIpc) is 2.36. The van der Waals surface area contributed by atoms with Crippen LogP contribution in [0.3, 0.4) is 0 Å². The summed E-state index contributed by atoms with van der Waals surface area (Å²) in [7, 11) is 0. The first kappa shape index (κ1) is 13.8. The fourth-order valence-electron chi connectivity index (χ4n) is 2.41. The van der Waals surface area contributed by atoms with E-state index in [0.29, 0.717) is 24.5 Å². The Morgan fingerprint density at radius 1 is 1.58 bits per heavy atom. The van der Waals surface area contributed by atoms with Gasteiger partial charge in [-0.2, -0.15) is 0 Å². The molecule has 1 saturated heterocycles. The lowest BCUT2D eigenvalue weighted by molar-refractivity contribution is -0.0444. The number of nitrogen functional groups attached to an aromatic ring is 1. The zero-order valence-electron chi connectivity index (χ0n) is 11.7. The molecule has 0 bridgehead atoms. The van der Waals surface area contributed by atoms with Gasteiger partial charge in [0.05, 0.1) is 18.8 Å².